The zero-order valence-corrected chi connectivity index (χ0v) is 13.4. The lowest BCUT2D eigenvalue weighted by atomic mass is 10.2. The van der Waals surface area contributed by atoms with Crippen LogP contribution in [0, 0.1) is 5.92 Å². The van der Waals surface area contributed by atoms with E-state index in [4.69, 9.17) is 9.47 Å². The number of ether oxygens (including phenoxy) is 3. The number of hydrogen-bond donors (Lipinski definition) is 1. The van der Waals surface area contributed by atoms with Gasteiger partial charge in [-0.15, -0.1) is 0 Å². The van der Waals surface area contributed by atoms with Gasteiger partial charge in [-0.05, 0) is 18.4 Å². The molecule has 0 unspecified atom stereocenters. The predicted molar refractivity (Wildman–Crippen MR) is 81.5 cm³/mol. The predicted octanol–water partition coefficient (Wildman–Crippen LogP) is 2.64. The summed E-state index contributed by atoms with van der Waals surface area (Å²) in [6.45, 7) is 5.30. The summed E-state index contributed by atoms with van der Waals surface area (Å²) in [6.07, 6.45) is -1.87. The Morgan fingerprint density at radius 2 is 1.70 bits per heavy atom. The Balaban J connectivity index is 2.30. The molecule has 0 aromatic heterocycles. The molecule has 23 heavy (non-hydrogen) atoms. The Bertz CT molecular complexity index is 529. The number of amides is 1. The van der Waals surface area contributed by atoms with Gasteiger partial charge >= 0.3 is 18.2 Å². The van der Waals surface area contributed by atoms with Gasteiger partial charge in [0, 0.05) is 0 Å². The number of rotatable bonds is 6. The molecule has 1 aromatic carbocycles. The second-order valence-electron chi connectivity index (χ2n) is 5.30. The molecule has 126 valence electrons. The van der Waals surface area contributed by atoms with Gasteiger partial charge in [-0.3, -0.25) is 0 Å². The molecule has 0 fully saturated rings. The summed E-state index contributed by atoms with van der Waals surface area (Å²) in [5, 5.41) is 2.28. The van der Waals surface area contributed by atoms with Crippen molar-refractivity contribution < 1.29 is 28.6 Å². The van der Waals surface area contributed by atoms with E-state index in [0.29, 0.717) is 0 Å². The van der Waals surface area contributed by atoms with Gasteiger partial charge in [0.1, 0.15) is 12.6 Å². The summed E-state index contributed by atoms with van der Waals surface area (Å²) in [6, 6.07) is 8.05. The largest absolute Gasteiger partial charge is 0.516 e. The Morgan fingerprint density at radius 1 is 1.04 bits per heavy atom. The molecule has 1 amide bonds. The van der Waals surface area contributed by atoms with Gasteiger partial charge in [0.25, 0.3) is 0 Å². The van der Waals surface area contributed by atoms with E-state index in [9.17, 15) is 14.4 Å². The molecule has 7 nitrogen and oxygen atoms in total. The highest BCUT2D eigenvalue weighted by Gasteiger charge is 2.21. The maximum Gasteiger partial charge on any atom is 0.516 e. The first-order valence-electron chi connectivity index (χ1n) is 7.24. The highest BCUT2D eigenvalue weighted by molar-refractivity contribution is 5.87. The number of carbonyl (C=O) groups is 3. The van der Waals surface area contributed by atoms with E-state index in [-0.39, 0.29) is 19.1 Å². The molecule has 0 aliphatic rings. The van der Waals surface area contributed by atoms with E-state index in [1.807, 2.05) is 32.0 Å². The van der Waals surface area contributed by atoms with Crippen LogP contribution in [0.5, 0.6) is 0 Å². The van der Waals surface area contributed by atoms with Crippen LogP contribution in [0.1, 0.15) is 26.3 Å². The standard InChI is InChI=1S/C16H21NO6/c1-11(2)9-22-16(20)23-14(18)12(3)17-15(19)21-10-13-7-5-4-6-8-13/h4-8,11-12H,9-10H2,1-3H3,(H,17,19)/t12-/m1/s1. The Kier molecular flexibility index (Phi) is 7.59. The second-order valence-corrected chi connectivity index (χ2v) is 5.30. The molecule has 0 bridgehead atoms. The molecule has 0 heterocycles. The number of esters is 1. The van der Waals surface area contributed by atoms with E-state index in [2.05, 4.69) is 10.1 Å². The van der Waals surface area contributed by atoms with Crippen molar-refractivity contribution in [2.24, 2.45) is 5.92 Å². The second kappa shape index (κ2) is 9.45. The number of alkyl carbamates (subject to hydrolysis) is 1. The molecule has 0 aliphatic heterocycles. The summed E-state index contributed by atoms with van der Waals surface area (Å²) in [7, 11) is 0. The summed E-state index contributed by atoms with van der Waals surface area (Å²) in [5.74, 6) is -0.795. The van der Waals surface area contributed by atoms with Gasteiger partial charge in [-0.1, -0.05) is 44.2 Å². The van der Waals surface area contributed by atoms with Gasteiger partial charge in [0.05, 0.1) is 6.61 Å². The maximum absolute atomic E-state index is 11.6. The first kappa shape index (κ1) is 18.5. The van der Waals surface area contributed by atoms with Crippen LogP contribution in [-0.2, 0) is 25.6 Å². The average Bonchev–Trinajstić information content (AvgIpc) is 2.51. The van der Waals surface area contributed by atoms with Crippen LogP contribution in [0.15, 0.2) is 30.3 Å². The van der Waals surface area contributed by atoms with E-state index >= 15 is 0 Å². The quantitative estimate of drug-likeness (QED) is 0.639. The van der Waals surface area contributed by atoms with E-state index in [1.54, 1.807) is 12.1 Å². The molecule has 1 atom stereocenters. The lowest BCUT2D eigenvalue weighted by molar-refractivity contribution is -0.141. The van der Waals surface area contributed by atoms with Gasteiger partial charge in [-0.2, -0.15) is 0 Å². The third-order valence-electron chi connectivity index (χ3n) is 2.62. The van der Waals surface area contributed by atoms with Crippen molar-refractivity contribution in [3.63, 3.8) is 0 Å². The first-order chi connectivity index (χ1) is 10.9. The Hall–Kier alpha value is -2.57. The third-order valence-corrected chi connectivity index (χ3v) is 2.62. The normalized spacial score (nSPS) is 11.5. The van der Waals surface area contributed by atoms with E-state index < -0.39 is 24.3 Å². The molecule has 7 heteroatoms. The molecule has 1 N–H and O–H groups in total. The van der Waals surface area contributed by atoms with Gasteiger partial charge in [0.2, 0.25) is 0 Å². The number of carbonyl (C=O) groups excluding carboxylic acids is 3. The molecule has 0 spiro atoms. The molecule has 0 saturated carbocycles. The van der Waals surface area contributed by atoms with Crippen molar-refractivity contribution in [3.8, 4) is 0 Å². The first-order valence-corrected chi connectivity index (χ1v) is 7.24. The Morgan fingerprint density at radius 3 is 2.30 bits per heavy atom. The van der Waals surface area contributed by atoms with Crippen molar-refractivity contribution in [2.45, 2.75) is 33.4 Å². The molecule has 0 saturated heterocycles. The monoisotopic (exact) mass is 323 g/mol. The van der Waals surface area contributed by atoms with Gasteiger partial charge in [-0.25, -0.2) is 14.4 Å². The van der Waals surface area contributed by atoms with Crippen LogP contribution < -0.4 is 5.32 Å². The van der Waals surface area contributed by atoms with Gasteiger partial charge < -0.3 is 19.5 Å². The van der Waals surface area contributed by atoms with E-state index in [0.717, 1.165) is 5.56 Å². The smallest absolute Gasteiger partial charge is 0.445 e. The van der Waals surface area contributed by atoms with Crippen LogP contribution in [0.4, 0.5) is 9.59 Å². The van der Waals surface area contributed by atoms with Gasteiger partial charge in [0.15, 0.2) is 0 Å². The van der Waals surface area contributed by atoms with Crippen molar-refractivity contribution in [2.75, 3.05) is 6.61 Å². The van der Waals surface area contributed by atoms with Crippen LogP contribution in [0.25, 0.3) is 0 Å². The lowest BCUT2D eigenvalue weighted by Crippen LogP contribution is -2.40. The summed E-state index contributed by atoms with van der Waals surface area (Å²) in [5.41, 5.74) is 0.815. The third kappa shape index (κ3) is 7.85. The average molecular weight is 323 g/mol. The summed E-state index contributed by atoms with van der Waals surface area (Å²) >= 11 is 0. The van der Waals surface area contributed by atoms with Crippen molar-refractivity contribution in [1.82, 2.24) is 5.32 Å². The SMILES string of the molecule is CC(C)COC(=O)OC(=O)[C@@H](C)NC(=O)OCc1ccccc1. The highest BCUT2D eigenvalue weighted by atomic mass is 16.7. The maximum atomic E-state index is 11.6. The fraction of sp³-hybridized carbons (Fsp3) is 0.438. The highest BCUT2D eigenvalue weighted by Crippen LogP contribution is 2.01. The molecular weight excluding hydrogens is 302 g/mol. The number of hydrogen-bond acceptors (Lipinski definition) is 6. The van der Waals surface area contributed by atoms with Crippen LogP contribution in [0.2, 0.25) is 0 Å². The van der Waals surface area contributed by atoms with Crippen molar-refractivity contribution in [1.29, 1.82) is 0 Å². The minimum absolute atomic E-state index is 0.0743. The zero-order valence-electron chi connectivity index (χ0n) is 13.4. The van der Waals surface area contributed by atoms with Crippen molar-refractivity contribution in [3.05, 3.63) is 35.9 Å². The molecule has 1 aromatic rings. The number of benzene rings is 1. The fourth-order valence-electron chi connectivity index (χ4n) is 1.44. The summed E-state index contributed by atoms with van der Waals surface area (Å²) in [4.78, 5) is 34.4. The fourth-order valence-corrected chi connectivity index (χ4v) is 1.44. The van der Waals surface area contributed by atoms with Crippen LogP contribution in [-0.4, -0.2) is 30.9 Å². The minimum Gasteiger partial charge on any atom is -0.445 e. The molecular formula is C16H21NO6. The van der Waals surface area contributed by atoms with E-state index in [1.165, 1.54) is 6.92 Å². The Labute approximate surface area is 134 Å². The van der Waals surface area contributed by atoms with Crippen LogP contribution >= 0.6 is 0 Å². The molecule has 0 aliphatic carbocycles. The number of nitrogens with one attached hydrogen (secondary N) is 1. The van der Waals surface area contributed by atoms with Crippen LogP contribution in [0.3, 0.4) is 0 Å². The molecule has 0 radical (unpaired) electrons. The zero-order chi connectivity index (χ0) is 17.2. The minimum atomic E-state index is -1.09. The topological polar surface area (TPSA) is 90.9 Å². The lowest BCUT2D eigenvalue weighted by Gasteiger charge is -2.13. The molecule has 1 rings (SSSR count). The van der Waals surface area contributed by atoms with Crippen molar-refractivity contribution >= 4 is 18.2 Å². The summed E-state index contributed by atoms with van der Waals surface area (Å²) < 4.78 is 14.1.